The minimum atomic E-state index is -0.360. The monoisotopic (exact) mass is 405 g/mol. The number of rotatable bonds is 4. The molecule has 0 fully saturated rings. The fourth-order valence-corrected chi connectivity index (χ4v) is 5.42. The van der Waals surface area contributed by atoms with Crippen LogP contribution in [0.25, 0.3) is 31.1 Å². The molecule has 0 aliphatic heterocycles. The maximum absolute atomic E-state index is 10.9. The molecule has 3 aromatic carbocycles. The molecule has 126 valence electrons. The summed E-state index contributed by atoms with van der Waals surface area (Å²) in [6.45, 7) is 0. The minimum absolute atomic E-state index is 0.124. The molecular formula is C22H15NO2Se. The molecule has 0 aliphatic rings. The molecule has 0 spiro atoms. The first-order chi connectivity index (χ1) is 12.7. The Kier molecular flexibility index (Phi) is 4.53. The van der Waals surface area contributed by atoms with Gasteiger partial charge in [-0.15, -0.1) is 0 Å². The molecule has 0 saturated heterocycles. The second kappa shape index (κ2) is 7.12. The molecule has 0 radical (unpaired) electrons. The quantitative estimate of drug-likeness (QED) is 0.251. The van der Waals surface area contributed by atoms with Gasteiger partial charge in [0.05, 0.1) is 0 Å². The number of nitro benzene ring substituents is 1. The normalized spacial score (nSPS) is 10.6. The zero-order valence-electron chi connectivity index (χ0n) is 13.8. The molecule has 0 amide bonds. The summed E-state index contributed by atoms with van der Waals surface area (Å²) in [5.41, 5.74) is 4.85. The molecular weight excluding hydrogens is 389 g/mol. The van der Waals surface area contributed by atoms with Crippen LogP contribution < -0.4 is 0 Å². The van der Waals surface area contributed by atoms with Crippen LogP contribution in [-0.4, -0.2) is 19.4 Å². The van der Waals surface area contributed by atoms with E-state index in [4.69, 9.17) is 0 Å². The molecule has 0 atom stereocenters. The topological polar surface area (TPSA) is 43.1 Å². The van der Waals surface area contributed by atoms with Gasteiger partial charge in [-0.3, -0.25) is 0 Å². The van der Waals surface area contributed by atoms with E-state index >= 15 is 0 Å². The third-order valence-electron chi connectivity index (χ3n) is 4.22. The van der Waals surface area contributed by atoms with Crippen molar-refractivity contribution in [3.63, 3.8) is 0 Å². The molecule has 0 bridgehead atoms. The van der Waals surface area contributed by atoms with Crippen molar-refractivity contribution in [2.24, 2.45) is 0 Å². The van der Waals surface area contributed by atoms with Crippen LogP contribution in [-0.2, 0) is 0 Å². The molecule has 0 saturated carbocycles. The predicted octanol–water partition coefficient (Wildman–Crippen LogP) is 5.65. The average molecular weight is 404 g/mol. The Labute approximate surface area is 157 Å². The van der Waals surface area contributed by atoms with Gasteiger partial charge in [-0.1, -0.05) is 0 Å². The number of nitro groups is 1. The summed E-state index contributed by atoms with van der Waals surface area (Å²) in [7, 11) is 0. The van der Waals surface area contributed by atoms with Crippen LogP contribution in [0.1, 0.15) is 0 Å². The van der Waals surface area contributed by atoms with Crippen molar-refractivity contribution in [1.29, 1.82) is 0 Å². The molecule has 0 N–H and O–H groups in total. The maximum atomic E-state index is 10.9. The van der Waals surface area contributed by atoms with E-state index in [0.717, 1.165) is 5.56 Å². The molecule has 1 aromatic heterocycles. The second-order valence-corrected chi connectivity index (χ2v) is 8.10. The summed E-state index contributed by atoms with van der Waals surface area (Å²) < 4.78 is 2.59. The van der Waals surface area contributed by atoms with E-state index in [1.807, 2.05) is 24.3 Å². The summed E-state index contributed by atoms with van der Waals surface area (Å²) in [4.78, 5) is 10.5. The fraction of sp³-hybridized carbons (Fsp3) is 0. The SMILES string of the molecule is O=[N+]([O-])c1ccc(-c2cc(-c3ccccc3)c(-c3ccccc3)[se]2)cc1. The van der Waals surface area contributed by atoms with E-state index in [0.29, 0.717) is 0 Å². The predicted molar refractivity (Wildman–Crippen MR) is 106 cm³/mol. The summed E-state index contributed by atoms with van der Waals surface area (Å²) in [6, 6.07) is 29.9. The zero-order chi connectivity index (χ0) is 17.9. The van der Waals surface area contributed by atoms with Gasteiger partial charge in [0.1, 0.15) is 0 Å². The molecule has 0 unspecified atom stereocenters. The standard InChI is InChI=1S/C22H15NO2Se/c24-23(25)19-13-11-17(12-14-19)21-15-20(16-7-3-1-4-8-16)22(26-21)18-9-5-2-6-10-18/h1-15H. The fourth-order valence-electron chi connectivity index (χ4n) is 2.92. The molecule has 4 heteroatoms. The van der Waals surface area contributed by atoms with E-state index in [-0.39, 0.29) is 25.1 Å². The molecule has 4 aromatic rings. The summed E-state index contributed by atoms with van der Waals surface area (Å²) >= 11 is 0.142. The Bertz CT molecular complexity index is 982. The van der Waals surface area contributed by atoms with Crippen LogP contribution >= 0.6 is 0 Å². The number of non-ortho nitro benzene ring substituents is 1. The summed E-state index contributed by atoms with van der Waals surface area (Å²) in [5.74, 6) is 0. The number of benzene rings is 3. The van der Waals surface area contributed by atoms with Gasteiger partial charge >= 0.3 is 157 Å². The van der Waals surface area contributed by atoms with Gasteiger partial charge in [-0.25, -0.2) is 0 Å². The zero-order valence-corrected chi connectivity index (χ0v) is 15.5. The molecule has 0 aliphatic carbocycles. The number of nitrogens with zero attached hydrogens (tertiary/aromatic N) is 1. The molecule has 26 heavy (non-hydrogen) atoms. The molecule has 3 nitrogen and oxygen atoms in total. The molecule has 4 rings (SSSR count). The molecule has 1 heterocycles. The van der Waals surface area contributed by atoms with Gasteiger partial charge < -0.3 is 0 Å². The first-order valence-electron chi connectivity index (χ1n) is 8.22. The van der Waals surface area contributed by atoms with Gasteiger partial charge in [0, 0.05) is 0 Å². The van der Waals surface area contributed by atoms with Crippen molar-refractivity contribution >= 4 is 20.2 Å². The second-order valence-electron chi connectivity index (χ2n) is 5.89. The van der Waals surface area contributed by atoms with Crippen LogP contribution in [0.3, 0.4) is 0 Å². The van der Waals surface area contributed by atoms with E-state index in [1.165, 1.54) is 25.6 Å². The van der Waals surface area contributed by atoms with Crippen LogP contribution in [0, 0.1) is 10.1 Å². The van der Waals surface area contributed by atoms with Gasteiger partial charge in [-0.05, 0) is 0 Å². The third kappa shape index (κ3) is 3.25. The van der Waals surface area contributed by atoms with Gasteiger partial charge in [0.15, 0.2) is 0 Å². The Morgan fingerprint density at radius 3 is 1.85 bits per heavy atom. The average Bonchev–Trinajstić information content (AvgIpc) is 3.15. The first-order valence-corrected chi connectivity index (χ1v) is 9.93. The Morgan fingerprint density at radius 1 is 0.692 bits per heavy atom. The number of hydrogen-bond acceptors (Lipinski definition) is 2. The summed E-state index contributed by atoms with van der Waals surface area (Å²) in [6.07, 6.45) is 0. The van der Waals surface area contributed by atoms with E-state index < -0.39 is 0 Å². The van der Waals surface area contributed by atoms with Crippen LogP contribution in [0.4, 0.5) is 5.69 Å². The van der Waals surface area contributed by atoms with Crippen molar-refractivity contribution in [2.75, 3.05) is 0 Å². The summed E-state index contributed by atoms with van der Waals surface area (Å²) in [5, 5.41) is 10.9. The number of hydrogen-bond donors (Lipinski definition) is 0. The van der Waals surface area contributed by atoms with Gasteiger partial charge in [0.25, 0.3) is 0 Å². The third-order valence-corrected chi connectivity index (χ3v) is 6.80. The van der Waals surface area contributed by atoms with Crippen molar-refractivity contribution in [3.8, 4) is 31.1 Å². The first kappa shape index (κ1) is 16.5. The van der Waals surface area contributed by atoms with Crippen molar-refractivity contribution in [1.82, 2.24) is 0 Å². The van der Waals surface area contributed by atoms with Crippen LogP contribution in [0.2, 0.25) is 0 Å². The van der Waals surface area contributed by atoms with Crippen molar-refractivity contribution < 1.29 is 4.92 Å². The van der Waals surface area contributed by atoms with E-state index in [1.54, 1.807) is 12.1 Å². The van der Waals surface area contributed by atoms with E-state index in [9.17, 15) is 10.1 Å². The van der Waals surface area contributed by atoms with Crippen molar-refractivity contribution in [2.45, 2.75) is 0 Å². The van der Waals surface area contributed by atoms with Gasteiger partial charge in [0.2, 0.25) is 0 Å². The Balaban J connectivity index is 1.85. The Hall–Kier alpha value is -2.94. The van der Waals surface area contributed by atoms with E-state index in [2.05, 4.69) is 54.6 Å². The van der Waals surface area contributed by atoms with Crippen LogP contribution in [0.15, 0.2) is 91.0 Å². The van der Waals surface area contributed by atoms with Crippen molar-refractivity contribution in [3.05, 3.63) is 101 Å². The Morgan fingerprint density at radius 2 is 1.27 bits per heavy atom. The van der Waals surface area contributed by atoms with Gasteiger partial charge in [-0.2, -0.15) is 0 Å². The van der Waals surface area contributed by atoms with Crippen LogP contribution in [0.5, 0.6) is 0 Å².